The van der Waals surface area contributed by atoms with Crippen molar-refractivity contribution >= 4 is 6.29 Å². The molecule has 0 unspecified atom stereocenters. The molecule has 78 valence electrons. The van der Waals surface area contributed by atoms with Crippen molar-refractivity contribution in [3.8, 4) is 0 Å². The summed E-state index contributed by atoms with van der Waals surface area (Å²) in [5, 5.41) is 11.0. The van der Waals surface area contributed by atoms with Gasteiger partial charge in [-0.2, -0.15) is 16.2 Å². The summed E-state index contributed by atoms with van der Waals surface area (Å²) in [4.78, 5) is 11.5. The van der Waals surface area contributed by atoms with Gasteiger partial charge in [0.15, 0.2) is 0 Å². The SMILES string of the molecule is O=[C-]c1nnn(Cc2ccccc2)n1.[K+].[OH-]. The third-order valence-electron chi connectivity index (χ3n) is 1.71. The van der Waals surface area contributed by atoms with E-state index in [4.69, 9.17) is 0 Å². The van der Waals surface area contributed by atoms with Crippen molar-refractivity contribution < 1.29 is 61.7 Å². The second-order valence-electron chi connectivity index (χ2n) is 2.73. The zero-order valence-corrected chi connectivity index (χ0v) is 11.9. The molecule has 1 aromatic carbocycles. The Morgan fingerprint density at radius 3 is 2.50 bits per heavy atom. The maximum Gasteiger partial charge on any atom is 1.00 e. The first-order chi connectivity index (χ1) is 6.88. The maximum atomic E-state index is 10.2. The number of carbonyl (C=O) groups excluding carboxylic acids is 1. The van der Waals surface area contributed by atoms with E-state index in [9.17, 15) is 4.79 Å². The Bertz CT molecular complexity index is 432. The van der Waals surface area contributed by atoms with Crippen LogP contribution in [0, 0.1) is 0 Å². The molecule has 1 aromatic heterocycles. The summed E-state index contributed by atoms with van der Waals surface area (Å²) >= 11 is 0. The van der Waals surface area contributed by atoms with Crippen molar-refractivity contribution in [3.63, 3.8) is 0 Å². The minimum Gasteiger partial charge on any atom is -0.870 e. The Balaban J connectivity index is 0.00000112. The molecule has 6 nitrogen and oxygen atoms in total. The Hall–Kier alpha value is -0.444. The fourth-order valence-electron chi connectivity index (χ4n) is 1.10. The first kappa shape index (κ1) is 15.6. The van der Waals surface area contributed by atoms with E-state index in [1.165, 1.54) is 4.80 Å². The Kier molecular flexibility index (Phi) is 7.55. The predicted molar refractivity (Wildman–Crippen MR) is 50.1 cm³/mol. The monoisotopic (exact) mass is 243 g/mol. The molecule has 0 aliphatic rings. The average Bonchev–Trinajstić information content (AvgIpc) is 2.67. The summed E-state index contributed by atoms with van der Waals surface area (Å²) < 4.78 is 0. The first-order valence-electron chi connectivity index (χ1n) is 4.08. The standard InChI is InChI=1S/C9H7N4O.K.H2O/c14-7-9-10-12-13(11-9)6-8-4-2-1-3-5-8;;/h1-5H,6H2;;1H2/q-1;+1;/p-1. The van der Waals surface area contributed by atoms with Gasteiger partial charge in [-0.1, -0.05) is 30.3 Å². The summed E-state index contributed by atoms with van der Waals surface area (Å²) in [6.07, 6.45) is 1.58. The van der Waals surface area contributed by atoms with Crippen LogP contribution in [0.5, 0.6) is 0 Å². The molecule has 7 heteroatoms. The summed E-state index contributed by atoms with van der Waals surface area (Å²) in [5.41, 5.74) is 1.06. The summed E-state index contributed by atoms with van der Waals surface area (Å²) in [7, 11) is 0. The number of aromatic nitrogens is 4. The number of benzene rings is 1. The molecule has 1 N–H and O–H groups in total. The van der Waals surface area contributed by atoms with Gasteiger partial charge in [-0.05, 0) is 10.8 Å². The normalized spacial score (nSPS) is 8.75. The van der Waals surface area contributed by atoms with Gasteiger partial charge in [0, 0.05) is 0 Å². The minimum atomic E-state index is -0.0130. The number of hydrogen-bond acceptors (Lipinski definition) is 5. The first-order valence-corrected chi connectivity index (χ1v) is 4.08. The van der Waals surface area contributed by atoms with E-state index in [0.29, 0.717) is 6.54 Å². The van der Waals surface area contributed by atoms with Crippen LogP contribution in [-0.4, -0.2) is 32.0 Å². The molecule has 0 saturated carbocycles. The van der Waals surface area contributed by atoms with E-state index in [-0.39, 0.29) is 62.7 Å². The molecular formula is C9H8KN4O2-. The van der Waals surface area contributed by atoms with E-state index >= 15 is 0 Å². The van der Waals surface area contributed by atoms with Crippen LogP contribution >= 0.6 is 0 Å². The van der Waals surface area contributed by atoms with E-state index < -0.39 is 0 Å². The van der Waals surface area contributed by atoms with Crippen molar-refractivity contribution in [3.05, 3.63) is 41.7 Å². The van der Waals surface area contributed by atoms with Gasteiger partial charge in [-0.25, -0.2) is 0 Å². The minimum absolute atomic E-state index is 0. The number of tetrazole rings is 1. The molecule has 0 saturated heterocycles. The molecule has 0 spiro atoms. The molecule has 0 amide bonds. The summed E-state index contributed by atoms with van der Waals surface area (Å²) in [5.74, 6) is -0.0130. The van der Waals surface area contributed by atoms with Gasteiger partial charge in [-0.15, -0.1) is 5.10 Å². The van der Waals surface area contributed by atoms with Crippen molar-refractivity contribution in [2.45, 2.75) is 6.54 Å². The van der Waals surface area contributed by atoms with Gasteiger partial charge < -0.3 is 10.3 Å². The Labute approximate surface area is 135 Å². The zero-order chi connectivity index (χ0) is 9.80. The predicted octanol–water partition coefficient (Wildman–Crippen LogP) is -2.99. The molecule has 0 aliphatic carbocycles. The fraction of sp³-hybridized carbons (Fsp3) is 0.111. The van der Waals surface area contributed by atoms with Crippen LogP contribution in [0.3, 0.4) is 0 Å². The second-order valence-corrected chi connectivity index (χ2v) is 2.73. The topological polar surface area (TPSA) is 90.7 Å². The molecule has 16 heavy (non-hydrogen) atoms. The average molecular weight is 243 g/mol. The molecule has 0 atom stereocenters. The van der Waals surface area contributed by atoms with Crippen molar-refractivity contribution in [2.75, 3.05) is 0 Å². The molecule has 2 rings (SSSR count). The fourth-order valence-corrected chi connectivity index (χ4v) is 1.10. The number of rotatable bonds is 3. The van der Waals surface area contributed by atoms with Crippen molar-refractivity contribution in [2.24, 2.45) is 0 Å². The third kappa shape index (κ3) is 4.20. The van der Waals surface area contributed by atoms with Crippen molar-refractivity contribution in [1.82, 2.24) is 20.2 Å². The molecule has 2 aromatic rings. The van der Waals surface area contributed by atoms with E-state index in [0.717, 1.165) is 5.56 Å². The van der Waals surface area contributed by atoms with E-state index in [2.05, 4.69) is 15.4 Å². The quantitative estimate of drug-likeness (QED) is 0.423. The Morgan fingerprint density at radius 2 is 1.94 bits per heavy atom. The molecular weight excluding hydrogens is 235 g/mol. The van der Waals surface area contributed by atoms with Gasteiger partial charge in [0.25, 0.3) is 0 Å². The number of hydrogen-bond donors (Lipinski definition) is 0. The molecule has 0 bridgehead atoms. The van der Waals surface area contributed by atoms with Crippen LogP contribution in [0.2, 0.25) is 0 Å². The van der Waals surface area contributed by atoms with Gasteiger partial charge in [0.05, 0.1) is 12.4 Å². The van der Waals surface area contributed by atoms with Gasteiger partial charge in [0.1, 0.15) is 0 Å². The number of nitrogens with zero attached hydrogens (tertiary/aromatic N) is 4. The van der Waals surface area contributed by atoms with Crippen LogP contribution < -0.4 is 51.4 Å². The molecule has 0 aliphatic heterocycles. The van der Waals surface area contributed by atoms with Gasteiger partial charge in [0.2, 0.25) is 0 Å². The van der Waals surface area contributed by atoms with E-state index in [1.807, 2.05) is 30.3 Å². The second kappa shape index (κ2) is 7.77. The largest absolute Gasteiger partial charge is 1.00 e. The van der Waals surface area contributed by atoms with Crippen LogP contribution in [0.25, 0.3) is 0 Å². The van der Waals surface area contributed by atoms with Crippen LogP contribution in [0.15, 0.2) is 30.3 Å². The smallest absolute Gasteiger partial charge is 0.870 e. The third-order valence-corrected chi connectivity index (χ3v) is 1.71. The van der Waals surface area contributed by atoms with Crippen LogP contribution in [0.4, 0.5) is 0 Å². The van der Waals surface area contributed by atoms with Crippen LogP contribution in [-0.2, 0) is 11.3 Å². The maximum absolute atomic E-state index is 10.2. The zero-order valence-electron chi connectivity index (χ0n) is 8.74. The van der Waals surface area contributed by atoms with Crippen molar-refractivity contribution in [1.29, 1.82) is 0 Å². The molecule has 0 fully saturated rings. The molecule has 1 heterocycles. The van der Waals surface area contributed by atoms with Gasteiger partial charge in [-0.3, -0.25) is 0 Å². The summed E-state index contributed by atoms with van der Waals surface area (Å²) in [6.45, 7) is 0.509. The molecule has 0 radical (unpaired) electrons. The van der Waals surface area contributed by atoms with Crippen LogP contribution in [0.1, 0.15) is 11.4 Å². The van der Waals surface area contributed by atoms with E-state index in [1.54, 1.807) is 6.29 Å². The van der Waals surface area contributed by atoms with Gasteiger partial charge >= 0.3 is 51.4 Å². The Morgan fingerprint density at radius 1 is 1.25 bits per heavy atom. The summed E-state index contributed by atoms with van der Waals surface area (Å²) in [6, 6.07) is 9.70.